The van der Waals surface area contributed by atoms with Gasteiger partial charge in [0.25, 0.3) is 0 Å². The maximum atomic E-state index is 13.1. The number of primary amides is 1. The molecule has 20 nitrogen and oxygen atoms in total. The predicted octanol–water partition coefficient (Wildman–Crippen LogP) is -6.05. The van der Waals surface area contributed by atoms with E-state index >= 15 is 0 Å². The molecule has 1 fully saturated rings. The number of nitrogens with one attached hydrogen (secondary N) is 6. The van der Waals surface area contributed by atoms with E-state index in [4.69, 9.17) is 17.2 Å². The number of carbonyl (C=O) groups excluding carboxylic acids is 7. The Morgan fingerprint density at radius 1 is 0.889 bits per heavy atom. The van der Waals surface area contributed by atoms with Gasteiger partial charge in [-0.1, -0.05) is 21.6 Å². The van der Waals surface area contributed by atoms with Gasteiger partial charge in [-0.05, 0) is 12.8 Å². The van der Waals surface area contributed by atoms with Gasteiger partial charge in [-0.3, -0.25) is 43.3 Å². The summed E-state index contributed by atoms with van der Waals surface area (Å²) in [5, 5.41) is 32.7. The van der Waals surface area contributed by atoms with Crippen molar-refractivity contribution in [2.45, 2.75) is 56.4 Å². The Hall–Kier alpha value is -4.31. The van der Waals surface area contributed by atoms with Crippen molar-refractivity contribution in [2.75, 3.05) is 31.2 Å². The molecule has 0 aromatic rings. The van der Waals surface area contributed by atoms with E-state index in [1.54, 1.807) is 0 Å². The summed E-state index contributed by atoms with van der Waals surface area (Å²) >= 11 is 0. The molecule has 5 atom stereocenters. The van der Waals surface area contributed by atoms with E-state index in [1.807, 2.05) is 0 Å². The van der Waals surface area contributed by atoms with Crippen LogP contribution in [0, 0.1) is 0 Å². The Balaban J connectivity index is 3.34. The summed E-state index contributed by atoms with van der Waals surface area (Å²) in [4.78, 5) is 103. The molecular formula is C23H38N10O10S2. The first kappa shape index (κ1) is 38.7. The van der Waals surface area contributed by atoms with E-state index in [9.17, 15) is 48.6 Å². The van der Waals surface area contributed by atoms with E-state index in [0.717, 1.165) is 21.6 Å². The van der Waals surface area contributed by atoms with Crippen LogP contribution < -0.4 is 49.1 Å². The molecule has 0 saturated carbocycles. The van der Waals surface area contributed by atoms with Crippen molar-refractivity contribution in [3.8, 4) is 0 Å². The van der Waals surface area contributed by atoms with Crippen LogP contribution in [-0.2, 0) is 38.4 Å². The first-order chi connectivity index (χ1) is 21.1. The molecule has 3 unspecified atom stereocenters. The van der Waals surface area contributed by atoms with E-state index in [-0.39, 0.29) is 36.9 Å². The third kappa shape index (κ3) is 15.3. The first-order valence-corrected chi connectivity index (χ1v) is 15.8. The fourth-order valence-electron chi connectivity index (χ4n) is 3.56. The molecule has 45 heavy (non-hydrogen) atoms. The normalized spacial score (nSPS) is 24.4. The number of rotatable bonds is 9. The Morgan fingerprint density at radius 2 is 1.51 bits per heavy atom. The van der Waals surface area contributed by atoms with E-state index in [1.165, 1.54) is 6.92 Å². The standard InChI is InChI=1S/C23H38N10O10S2/c1-10(35)29-15-9-45-44-8-14(18(24)39)33-21(42)13(7-34)32-20(41)12(5-17(37)38)30-16(36)6-28-19(40)11(31-22(15)43)3-2-4-27-23(25)26/h11-15,34H,2-9H2,1H3,(H2,24,39)(H,28,40)(H,29,35)(H,30,36)(H,31,43)(H,32,41)(H,33,42)(H,37,38)(H4,25,26,27)/t11?,12-,13?,14-,15?/m0/s1. The van der Waals surface area contributed by atoms with Gasteiger partial charge in [-0.2, -0.15) is 0 Å². The Labute approximate surface area is 265 Å². The van der Waals surface area contributed by atoms with Gasteiger partial charge in [0, 0.05) is 25.0 Å². The first-order valence-electron chi connectivity index (χ1n) is 13.3. The Kier molecular flexibility index (Phi) is 17.1. The number of carboxylic acids is 1. The number of aliphatic imine (C=N–C) groups is 1. The summed E-state index contributed by atoms with van der Waals surface area (Å²) in [7, 11) is 2.03. The summed E-state index contributed by atoms with van der Waals surface area (Å²) in [6, 6.07) is -7.12. The number of nitrogens with zero attached hydrogens (tertiary/aromatic N) is 1. The van der Waals surface area contributed by atoms with Crippen LogP contribution in [-0.4, -0.2) is 125 Å². The summed E-state index contributed by atoms with van der Waals surface area (Å²) in [6.45, 7) is -0.448. The van der Waals surface area contributed by atoms with Gasteiger partial charge < -0.3 is 59.3 Å². The molecule has 0 aliphatic carbocycles. The van der Waals surface area contributed by atoms with Crippen LogP contribution >= 0.6 is 21.6 Å². The van der Waals surface area contributed by atoms with Crippen LogP contribution in [0.3, 0.4) is 0 Å². The van der Waals surface area contributed by atoms with Crippen molar-refractivity contribution >= 4 is 74.9 Å². The lowest BCUT2D eigenvalue weighted by atomic mass is 10.1. The van der Waals surface area contributed by atoms with Crippen molar-refractivity contribution < 1.29 is 48.6 Å². The number of aliphatic carboxylic acids is 1. The zero-order valence-electron chi connectivity index (χ0n) is 24.2. The predicted molar refractivity (Wildman–Crippen MR) is 162 cm³/mol. The summed E-state index contributed by atoms with van der Waals surface area (Å²) < 4.78 is 0. The highest BCUT2D eigenvalue weighted by molar-refractivity contribution is 8.76. The zero-order valence-corrected chi connectivity index (χ0v) is 25.8. The average molecular weight is 679 g/mol. The highest BCUT2D eigenvalue weighted by Crippen LogP contribution is 2.23. The topological polar surface area (TPSA) is 340 Å². The van der Waals surface area contributed by atoms with Gasteiger partial charge in [-0.25, -0.2) is 0 Å². The van der Waals surface area contributed by atoms with Crippen molar-refractivity contribution in [1.29, 1.82) is 0 Å². The maximum Gasteiger partial charge on any atom is 0.305 e. The molecule has 1 aliphatic rings. The third-order valence-electron chi connectivity index (χ3n) is 5.75. The number of nitrogens with two attached hydrogens (primary N) is 3. The van der Waals surface area contributed by atoms with Crippen LogP contribution in [0.1, 0.15) is 26.2 Å². The molecule has 14 N–H and O–H groups in total. The Bertz CT molecular complexity index is 1150. The molecule has 0 bridgehead atoms. The number of aliphatic hydroxyl groups is 1. The maximum absolute atomic E-state index is 13.1. The van der Waals surface area contributed by atoms with Gasteiger partial charge >= 0.3 is 5.97 Å². The van der Waals surface area contributed by atoms with Crippen molar-refractivity contribution in [1.82, 2.24) is 31.9 Å². The summed E-state index contributed by atoms with van der Waals surface area (Å²) in [6.07, 6.45) is -0.723. The van der Waals surface area contributed by atoms with Crippen LogP contribution in [0.4, 0.5) is 0 Å². The summed E-state index contributed by atoms with van der Waals surface area (Å²) in [5.41, 5.74) is 16.0. The summed E-state index contributed by atoms with van der Waals surface area (Å²) in [5.74, 6) is -8.21. The molecule has 252 valence electrons. The quantitative estimate of drug-likeness (QED) is 0.0468. The third-order valence-corrected chi connectivity index (χ3v) is 8.18. The van der Waals surface area contributed by atoms with Gasteiger partial charge in [0.05, 0.1) is 19.6 Å². The van der Waals surface area contributed by atoms with Gasteiger partial charge in [0.2, 0.25) is 41.4 Å². The fraction of sp³-hybridized carbons (Fsp3) is 0.609. The molecule has 1 heterocycles. The molecule has 0 spiro atoms. The van der Waals surface area contributed by atoms with Gasteiger partial charge in [0.1, 0.15) is 30.2 Å². The van der Waals surface area contributed by atoms with Gasteiger partial charge in [0.15, 0.2) is 5.96 Å². The lowest BCUT2D eigenvalue weighted by Crippen LogP contribution is -2.59. The molecular weight excluding hydrogens is 640 g/mol. The second-order valence-corrected chi connectivity index (χ2v) is 12.0. The van der Waals surface area contributed by atoms with Crippen molar-refractivity contribution in [2.24, 2.45) is 22.2 Å². The van der Waals surface area contributed by atoms with E-state index in [0.29, 0.717) is 0 Å². The van der Waals surface area contributed by atoms with E-state index < -0.39 is 97.1 Å². The SMILES string of the molecule is CC(=O)NC1CSSC[C@@H](C(N)=O)NC(=O)C(CO)NC(=O)[C@H](CC(=O)O)NC(=O)CNC(=O)C(CCCN=C(N)N)NC1=O. The molecule has 0 aromatic carbocycles. The monoisotopic (exact) mass is 678 g/mol. The number of carboxylic acid groups (broad SMARTS) is 1. The number of hydrogen-bond donors (Lipinski definition) is 11. The molecule has 1 aliphatic heterocycles. The molecule has 1 rings (SSSR count). The minimum atomic E-state index is -1.74. The van der Waals surface area contributed by atoms with Crippen LogP contribution in [0.5, 0.6) is 0 Å². The number of carbonyl (C=O) groups is 8. The molecule has 7 amide bonds. The zero-order chi connectivity index (χ0) is 34.1. The number of guanidine groups is 1. The molecule has 22 heteroatoms. The number of aliphatic hydroxyl groups excluding tert-OH is 1. The molecule has 1 saturated heterocycles. The van der Waals surface area contributed by atoms with Crippen LogP contribution in [0.25, 0.3) is 0 Å². The lowest BCUT2D eigenvalue weighted by Gasteiger charge is -2.24. The van der Waals surface area contributed by atoms with E-state index in [2.05, 4.69) is 36.9 Å². The number of amides is 7. The average Bonchev–Trinajstić information content (AvgIpc) is 2.95. The van der Waals surface area contributed by atoms with Gasteiger partial charge in [-0.15, -0.1) is 0 Å². The van der Waals surface area contributed by atoms with Crippen LogP contribution in [0.2, 0.25) is 0 Å². The lowest BCUT2D eigenvalue weighted by molar-refractivity contribution is -0.141. The minimum Gasteiger partial charge on any atom is -0.481 e. The second-order valence-electron chi connectivity index (χ2n) is 9.48. The number of hydrogen-bond acceptors (Lipinski definition) is 12. The smallest absolute Gasteiger partial charge is 0.305 e. The largest absolute Gasteiger partial charge is 0.481 e. The second kappa shape index (κ2) is 19.9. The highest BCUT2D eigenvalue weighted by atomic mass is 33.1. The minimum absolute atomic E-state index is 0.00274. The highest BCUT2D eigenvalue weighted by Gasteiger charge is 2.31. The van der Waals surface area contributed by atoms with Crippen molar-refractivity contribution in [3.05, 3.63) is 0 Å². The fourth-order valence-corrected chi connectivity index (χ4v) is 5.90. The van der Waals surface area contributed by atoms with Crippen molar-refractivity contribution in [3.63, 3.8) is 0 Å². The Morgan fingerprint density at radius 3 is 2.09 bits per heavy atom. The van der Waals surface area contributed by atoms with Crippen LogP contribution in [0.15, 0.2) is 4.99 Å². The molecule has 0 radical (unpaired) electrons. The molecule has 0 aromatic heterocycles.